The van der Waals surface area contributed by atoms with E-state index in [1.165, 1.54) is 0 Å². The van der Waals surface area contributed by atoms with Crippen molar-refractivity contribution in [2.45, 2.75) is 12.8 Å². The van der Waals surface area contributed by atoms with Crippen molar-refractivity contribution in [2.24, 2.45) is 0 Å². The lowest BCUT2D eigenvalue weighted by atomic mass is 10.1. The Hall–Kier alpha value is -1.39. The molecule has 1 aliphatic heterocycles. The third-order valence-electron chi connectivity index (χ3n) is 3.48. The highest BCUT2D eigenvalue weighted by Gasteiger charge is 2.11. The van der Waals surface area contributed by atoms with Gasteiger partial charge in [0.1, 0.15) is 5.75 Å². The molecule has 1 heterocycles. The Bertz CT molecular complexity index is 414. The number of piperazine rings is 1. The Kier molecular flexibility index (Phi) is 5.36. The largest absolute Gasteiger partial charge is 0.497 e. The van der Waals surface area contributed by atoms with Crippen LogP contribution in [-0.2, 0) is 0 Å². The Morgan fingerprint density at radius 3 is 2.89 bits per heavy atom. The van der Waals surface area contributed by atoms with Crippen molar-refractivity contribution >= 4 is 5.78 Å². The van der Waals surface area contributed by atoms with Crippen LogP contribution in [0.1, 0.15) is 23.2 Å². The van der Waals surface area contributed by atoms with Gasteiger partial charge in [-0.05, 0) is 25.1 Å². The van der Waals surface area contributed by atoms with E-state index >= 15 is 0 Å². The van der Waals surface area contributed by atoms with Gasteiger partial charge in [0, 0.05) is 38.2 Å². The van der Waals surface area contributed by atoms with E-state index in [0.29, 0.717) is 6.42 Å². The summed E-state index contributed by atoms with van der Waals surface area (Å²) in [6.07, 6.45) is 1.53. The first-order chi connectivity index (χ1) is 9.29. The van der Waals surface area contributed by atoms with Crippen molar-refractivity contribution in [1.82, 2.24) is 10.2 Å². The van der Waals surface area contributed by atoms with Crippen LogP contribution in [0, 0.1) is 0 Å². The summed E-state index contributed by atoms with van der Waals surface area (Å²) < 4.78 is 5.14. The Morgan fingerprint density at radius 2 is 2.16 bits per heavy atom. The Balaban J connectivity index is 1.77. The van der Waals surface area contributed by atoms with Crippen LogP contribution in [0.5, 0.6) is 5.75 Å². The summed E-state index contributed by atoms with van der Waals surface area (Å²) in [6.45, 7) is 5.31. The highest BCUT2D eigenvalue weighted by Crippen LogP contribution is 2.14. The maximum absolute atomic E-state index is 12.1. The van der Waals surface area contributed by atoms with Gasteiger partial charge in [-0.3, -0.25) is 4.79 Å². The zero-order valence-corrected chi connectivity index (χ0v) is 11.5. The molecule has 0 amide bonds. The average molecular weight is 262 g/mol. The van der Waals surface area contributed by atoms with E-state index in [-0.39, 0.29) is 5.78 Å². The molecule has 0 unspecified atom stereocenters. The lowest BCUT2D eigenvalue weighted by Crippen LogP contribution is -2.43. The maximum Gasteiger partial charge on any atom is 0.163 e. The van der Waals surface area contributed by atoms with Gasteiger partial charge in [-0.15, -0.1) is 0 Å². The molecule has 4 heteroatoms. The number of rotatable bonds is 6. The number of Topliss-reactive ketones (excluding diaryl/α,β-unsaturated/α-hetero) is 1. The van der Waals surface area contributed by atoms with Crippen molar-refractivity contribution in [2.75, 3.05) is 39.8 Å². The van der Waals surface area contributed by atoms with Gasteiger partial charge in [0.2, 0.25) is 0 Å². The minimum Gasteiger partial charge on any atom is -0.497 e. The van der Waals surface area contributed by atoms with Crippen LogP contribution in [0.15, 0.2) is 24.3 Å². The highest BCUT2D eigenvalue weighted by molar-refractivity contribution is 5.96. The van der Waals surface area contributed by atoms with E-state index < -0.39 is 0 Å². The molecule has 1 fully saturated rings. The van der Waals surface area contributed by atoms with Gasteiger partial charge in [0.15, 0.2) is 5.78 Å². The number of hydrogen-bond acceptors (Lipinski definition) is 4. The zero-order chi connectivity index (χ0) is 13.5. The smallest absolute Gasteiger partial charge is 0.163 e. The topological polar surface area (TPSA) is 41.6 Å². The van der Waals surface area contributed by atoms with Crippen LogP contribution in [0.2, 0.25) is 0 Å². The number of methoxy groups -OCH3 is 1. The standard InChI is InChI=1S/C15H22N2O2/c1-19-14-5-2-4-13(12-14)15(18)6-3-9-17-10-7-16-8-11-17/h2,4-5,12,16H,3,6-11H2,1H3. The Labute approximate surface area is 114 Å². The van der Waals surface area contributed by atoms with Crippen molar-refractivity contribution in [1.29, 1.82) is 0 Å². The molecular weight excluding hydrogens is 240 g/mol. The summed E-state index contributed by atoms with van der Waals surface area (Å²) >= 11 is 0. The van der Waals surface area contributed by atoms with Crippen LogP contribution in [0.25, 0.3) is 0 Å². The third-order valence-corrected chi connectivity index (χ3v) is 3.48. The van der Waals surface area contributed by atoms with E-state index in [0.717, 1.165) is 50.5 Å². The molecule has 4 nitrogen and oxygen atoms in total. The lowest BCUT2D eigenvalue weighted by Gasteiger charge is -2.26. The van der Waals surface area contributed by atoms with Crippen molar-refractivity contribution < 1.29 is 9.53 Å². The predicted molar refractivity (Wildman–Crippen MR) is 75.9 cm³/mol. The van der Waals surface area contributed by atoms with Crippen LogP contribution < -0.4 is 10.1 Å². The molecule has 0 spiro atoms. The van der Waals surface area contributed by atoms with Crippen LogP contribution in [0.3, 0.4) is 0 Å². The first-order valence-electron chi connectivity index (χ1n) is 6.90. The summed E-state index contributed by atoms with van der Waals surface area (Å²) in [5.74, 6) is 0.946. The quantitative estimate of drug-likeness (QED) is 0.790. The minimum absolute atomic E-state index is 0.203. The molecule has 1 aliphatic rings. The first-order valence-corrected chi connectivity index (χ1v) is 6.90. The molecule has 0 atom stereocenters. The Morgan fingerprint density at radius 1 is 1.37 bits per heavy atom. The molecule has 0 aromatic heterocycles. The average Bonchev–Trinajstić information content (AvgIpc) is 2.48. The highest BCUT2D eigenvalue weighted by atomic mass is 16.5. The van der Waals surface area contributed by atoms with Gasteiger partial charge in [-0.25, -0.2) is 0 Å². The molecule has 0 saturated carbocycles. The van der Waals surface area contributed by atoms with E-state index in [1.807, 2.05) is 24.3 Å². The number of ether oxygens (including phenoxy) is 1. The summed E-state index contributed by atoms with van der Waals surface area (Å²) in [7, 11) is 1.62. The van der Waals surface area contributed by atoms with Gasteiger partial charge in [-0.2, -0.15) is 0 Å². The fourth-order valence-corrected chi connectivity index (χ4v) is 2.34. The fraction of sp³-hybridized carbons (Fsp3) is 0.533. The van der Waals surface area contributed by atoms with E-state index in [2.05, 4.69) is 10.2 Å². The molecule has 0 bridgehead atoms. The maximum atomic E-state index is 12.1. The van der Waals surface area contributed by atoms with E-state index in [4.69, 9.17) is 4.74 Å². The molecule has 0 radical (unpaired) electrons. The molecular formula is C15H22N2O2. The molecule has 1 N–H and O–H groups in total. The number of benzene rings is 1. The predicted octanol–water partition coefficient (Wildman–Crippen LogP) is 1.56. The molecule has 19 heavy (non-hydrogen) atoms. The van der Waals surface area contributed by atoms with Gasteiger partial charge in [0.25, 0.3) is 0 Å². The van der Waals surface area contributed by atoms with Crippen molar-refractivity contribution in [3.63, 3.8) is 0 Å². The first kappa shape index (κ1) is 14.0. The van der Waals surface area contributed by atoms with Gasteiger partial charge >= 0.3 is 0 Å². The minimum atomic E-state index is 0.203. The second-order valence-electron chi connectivity index (χ2n) is 4.85. The van der Waals surface area contributed by atoms with Crippen LogP contribution in [-0.4, -0.2) is 50.5 Å². The summed E-state index contributed by atoms with van der Waals surface area (Å²) in [4.78, 5) is 14.5. The summed E-state index contributed by atoms with van der Waals surface area (Å²) in [5, 5.41) is 3.33. The molecule has 1 aromatic rings. The number of nitrogens with zero attached hydrogens (tertiary/aromatic N) is 1. The number of ketones is 1. The molecule has 1 aromatic carbocycles. The fourth-order valence-electron chi connectivity index (χ4n) is 2.34. The number of nitrogens with one attached hydrogen (secondary N) is 1. The lowest BCUT2D eigenvalue weighted by molar-refractivity contribution is 0.0973. The third kappa shape index (κ3) is 4.33. The van der Waals surface area contributed by atoms with Crippen molar-refractivity contribution in [3.8, 4) is 5.75 Å². The second kappa shape index (κ2) is 7.26. The molecule has 104 valence electrons. The molecule has 1 saturated heterocycles. The number of carbonyl (C=O) groups excluding carboxylic acids is 1. The number of hydrogen-bond donors (Lipinski definition) is 1. The summed E-state index contributed by atoms with van der Waals surface area (Å²) in [6, 6.07) is 7.39. The molecule has 0 aliphatic carbocycles. The second-order valence-corrected chi connectivity index (χ2v) is 4.85. The summed E-state index contributed by atoms with van der Waals surface area (Å²) in [5.41, 5.74) is 0.750. The van der Waals surface area contributed by atoms with Crippen LogP contribution in [0.4, 0.5) is 0 Å². The van der Waals surface area contributed by atoms with E-state index in [9.17, 15) is 4.79 Å². The van der Waals surface area contributed by atoms with Crippen molar-refractivity contribution in [3.05, 3.63) is 29.8 Å². The van der Waals surface area contributed by atoms with Crippen LogP contribution >= 0.6 is 0 Å². The normalized spacial score (nSPS) is 16.3. The molecule has 2 rings (SSSR count). The van der Waals surface area contributed by atoms with Gasteiger partial charge < -0.3 is 15.0 Å². The number of carbonyl (C=O) groups is 1. The SMILES string of the molecule is COc1cccc(C(=O)CCCN2CCNCC2)c1. The van der Waals surface area contributed by atoms with Gasteiger partial charge in [-0.1, -0.05) is 12.1 Å². The van der Waals surface area contributed by atoms with Gasteiger partial charge in [0.05, 0.1) is 7.11 Å². The van der Waals surface area contributed by atoms with E-state index in [1.54, 1.807) is 7.11 Å². The zero-order valence-electron chi connectivity index (χ0n) is 11.5. The monoisotopic (exact) mass is 262 g/mol.